The molecule has 234 valence electrons. The fourth-order valence-corrected chi connectivity index (χ4v) is 5.96. The Bertz CT molecular complexity index is 1650. The van der Waals surface area contributed by atoms with Crippen molar-refractivity contribution in [2.45, 2.75) is 30.9 Å². The summed E-state index contributed by atoms with van der Waals surface area (Å²) in [5.41, 5.74) is 1.90. The van der Waals surface area contributed by atoms with Gasteiger partial charge in [0.1, 0.15) is 11.5 Å². The first-order valence-corrected chi connectivity index (χ1v) is 16.1. The predicted octanol–water partition coefficient (Wildman–Crippen LogP) is 7.38. The number of benzene rings is 4. The van der Waals surface area contributed by atoms with Crippen molar-refractivity contribution in [1.29, 1.82) is 0 Å². The van der Waals surface area contributed by atoms with Gasteiger partial charge in [-0.3, -0.25) is 4.79 Å². The molecule has 45 heavy (non-hydrogen) atoms. The largest absolute Gasteiger partial charge is 0.497 e. The third kappa shape index (κ3) is 8.00. The quantitative estimate of drug-likeness (QED) is 0.141. The van der Waals surface area contributed by atoms with Gasteiger partial charge in [-0.05, 0) is 83.8 Å². The van der Waals surface area contributed by atoms with Crippen molar-refractivity contribution in [3.63, 3.8) is 0 Å². The molecule has 1 amide bonds. The Kier molecular flexibility index (Phi) is 11.0. The molecule has 0 spiro atoms. The highest BCUT2D eigenvalue weighted by Crippen LogP contribution is 2.43. The van der Waals surface area contributed by atoms with Gasteiger partial charge < -0.3 is 24.6 Å². The van der Waals surface area contributed by atoms with Gasteiger partial charge in [-0.2, -0.15) is 0 Å². The van der Waals surface area contributed by atoms with Crippen LogP contribution in [-0.4, -0.2) is 49.3 Å². The van der Waals surface area contributed by atoms with E-state index in [1.165, 1.54) is 0 Å². The fourth-order valence-electron chi connectivity index (χ4n) is 5.19. The molecule has 0 saturated carbocycles. The summed E-state index contributed by atoms with van der Waals surface area (Å²) in [5.74, 6) is 1.37. The van der Waals surface area contributed by atoms with Crippen molar-refractivity contribution in [2.75, 3.05) is 26.9 Å². The lowest BCUT2D eigenvalue weighted by Gasteiger charge is -2.31. The summed E-state index contributed by atoms with van der Waals surface area (Å²) >= 11 is 16.0. The van der Waals surface area contributed by atoms with Gasteiger partial charge in [0.05, 0.1) is 13.7 Å². The maximum Gasteiger partial charge on any atom is 0.252 e. The summed E-state index contributed by atoms with van der Waals surface area (Å²) in [5, 5.41) is 13.3. The van der Waals surface area contributed by atoms with E-state index >= 15 is 0 Å². The number of nitrogens with zero attached hydrogens (tertiary/aromatic N) is 1. The van der Waals surface area contributed by atoms with E-state index in [0.717, 1.165) is 21.2 Å². The smallest absolute Gasteiger partial charge is 0.252 e. The van der Waals surface area contributed by atoms with E-state index in [1.54, 1.807) is 19.2 Å². The van der Waals surface area contributed by atoms with Crippen LogP contribution in [0.25, 0.3) is 0 Å². The highest BCUT2D eigenvalue weighted by Gasteiger charge is 2.53. The molecule has 0 fully saturated rings. The summed E-state index contributed by atoms with van der Waals surface area (Å²) in [7, 11) is 1.60. The zero-order chi connectivity index (χ0) is 31.8. The van der Waals surface area contributed by atoms with E-state index < -0.39 is 11.6 Å². The lowest BCUT2D eigenvalue weighted by molar-refractivity contribution is -0.128. The van der Waals surface area contributed by atoms with E-state index in [-0.39, 0.29) is 18.9 Å². The molecule has 0 saturated heterocycles. The number of nitrogens with one attached hydrogen (secondary N) is 1. The van der Waals surface area contributed by atoms with E-state index in [2.05, 4.69) is 21.2 Å². The fraction of sp³-hybridized carbons (Fsp3) is 0.257. The van der Waals surface area contributed by atoms with Crippen LogP contribution < -0.4 is 14.8 Å². The third-order valence-electron chi connectivity index (χ3n) is 7.51. The van der Waals surface area contributed by atoms with Gasteiger partial charge in [0.2, 0.25) is 5.90 Å². The molecule has 2 N–H and O–H groups in total. The second-order valence-corrected chi connectivity index (χ2v) is 12.4. The van der Waals surface area contributed by atoms with Gasteiger partial charge in [0.15, 0.2) is 11.6 Å². The normalized spacial score (nSPS) is 17.4. The van der Waals surface area contributed by atoms with Gasteiger partial charge in [0, 0.05) is 46.1 Å². The molecule has 1 heterocycles. The van der Waals surface area contributed by atoms with Crippen LogP contribution >= 0.6 is 39.1 Å². The zero-order valence-electron chi connectivity index (χ0n) is 24.6. The number of aliphatic hydroxyl groups excluding tert-OH is 1. The second kappa shape index (κ2) is 15.1. The van der Waals surface area contributed by atoms with Crippen molar-refractivity contribution in [3.05, 3.63) is 128 Å². The van der Waals surface area contributed by atoms with Crippen LogP contribution in [0.2, 0.25) is 10.0 Å². The average Bonchev–Trinajstić information content (AvgIpc) is 3.44. The van der Waals surface area contributed by atoms with Crippen molar-refractivity contribution in [1.82, 2.24) is 5.32 Å². The molecular weight excluding hydrogens is 679 g/mol. The lowest BCUT2D eigenvalue weighted by atomic mass is 9.82. The monoisotopic (exact) mass is 710 g/mol. The topological polar surface area (TPSA) is 89.4 Å². The van der Waals surface area contributed by atoms with Crippen LogP contribution in [0.1, 0.15) is 34.8 Å². The number of hydrogen-bond acceptors (Lipinski definition) is 6. The van der Waals surface area contributed by atoms with E-state index in [4.69, 9.17) is 47.5 Å². The number of ether oxygens (including phenoxy) is 3. The van der Waals surface area contributed by atoms with E-state index in [9.17, 15) is 4.79 Å². The molecule has 0 aromatic heterocycles. The average molecular weight is 712 g/mol. The molecule has 7 nitrogen and oxygen atoms in total. The summed E-state index contributed by atoms with van der Waals surface area (Å²) in [6.07, 6.45) is 0.569. The number of carbonyl (C=O) groups excluding carboxylic acids is 1. The summed E-state index contributed by atoms with van der Waals surface area (Å²) in [6, 6.07) is 28.0. The molecule has 0 unspecified atom stereocenters. The summed E-state index contributed by atoms with van der Waals surface area (Å²) < 4.78 is 18.8. The number of methoxy groups -OCH3 is 1. The van der Waals surface area contributed by atoms with Gasteiger partial charge in [-0.25, -0.2) is 4.99 Å². The van der Waals surface area contributed by atoms with Crippen LogP contribution in [0.5, 0.6) is 11.5 Å². The van der Waals surface area contributed by atoms with Crippen molar-refractivity contribution in [2.24, 2.45) is 4.99 Å². The minimum atomic E-state index is -1.35. The molecule has 2 atom stereocenters. The van der Waals surface area contributed by atoms with Gasteiger partial charge in [-0.1, -0.05) is 69.5 Å². The molecule has 1 aliphatic rings. The van der Waals surface area contributed by atoms with Gasteiger partial charge in [0.25, 0.3) is 5.91 Å². The molecule has 4 aromatic carbocycles. The highest BCUT2D eigenvalue weighted by molar-refractivity contribution is 9.10. The first-order chi connectivity index (χ1) is 21.8. The molecule has 0 radical (unpaired) electrons. The van der Waals surface area contributed by atoms with E-state index in [0.29, 0.717) is 59.0 Å². The summed E-state index contributed by atoms with van der Waals surface area (Å²) in [6.45, 7) is 0.796. The molecule has 10 heteroatoms. The number of aliphatic hydroxyl groups is 1. The molecular formula is C35H33BrCl2N2O5. The van der Waals surface area contributed by atoms with Crippen LogP contribution in [-0.2, 0) is 22.4 Å². The first-order valence-electron chi connectivity index (χ1n) is 14.5. The van der Waals surface area contributed by atoms with Gasteiger partial charge >= 0.3 is 0 Å². The Morgan fingerprint density at radius 2 is 1.80 bits per heavy atom. The molecule has 0 bridgehead atoms. The van der Waals surface area contributed by atoms with Crippen LogP contribution in [0.4, 0.5) is 0 Å². The standard InChI is InChI=1S/C35H33BrCl2N2O5/c1-43-30-5-2-4-26(20-30)32-35(22-23-6-11-27(36)12-7-23,34(42)39-17-16-24-8-13-28(37)21-31(24)38)40-33(45-32)25-9-14-29(15-10-25)44-19-3-18-41/h2,4-15,20-21,32,41H,3,16-19,22H2,1H3,(H,39,42)/t32-,35-/m1/s1. The summed E-state index contributed by atoms with van der Waals surface area (Å²) in [4.78, 5) is 19.5. The maximum atomic E-state index is 14.5. The Hall–Kier alpha value is -3.56. The maximum absolute atomic E-state index is 14.5. The zero-order valence-corrected chi connectivity index (χ0v) is 27.7. The molecule has 5 rings (SSSR count). The minimum absolute atomic E-state index is 0.0592. The Labute approximate surface area is 281 Å². The lowest BCUT2D eigenvalue weighted by Crippen LogP contribution is -2.50. The third-order valence-corrected chi connectivity index (χ3v) is 8.62. The number of rotatable bonds is 13. The predicted molar refractivity (Wildman–Crippen MR) is 181 cm³/mol. The second-order valence-electron chi connectivity index (χ2n) is 10.6. The highest BCUT2D eigenvalue weighted by atomic mass is 79.9. The minimum Gasteiger partial charge on any atom is -0.497 e. The first kappa shape index (κ1) is 32.8. The SMILES string of the molecule is COc1cccc([C@H]2OC(c3ccc(OCCCO)cc3)=N[C@@]2(Cc2ccc(Br)cc2)C(=O)NCCc2ccc(Cl)cc2Cl)c1. The Morgan fingerprint density at radius 3 is 2.51 bits per heavy atom. The number of hydrogen-bond donors (Lipinski definition) is 2. The van der Waals surface area contributed by atoms with Crippen LogP contribution in [0.15, 0.2) is 100 Å². The number of halogens is 3. The number of carbonyl (C=O) groups is 1. The van der Waals surface area contributed by atoms with Crippen LogP contribution in [0, 0.1) is 0 Å². The van der Waals surface area contributed by atoms with E-state index in [1.807, 2.05) is 78.9 Å². The van der Waals surface area contributed by atoms with Crippen molar-refractivity contribution in [3.8, 4) is 11.5 Å². The van der Waals surface area contributed by atoms with Gasteiger partial charge in [-0.15, -0.1) is 0 Å². The Morgan fingerprint density at radius 1 is 1.02 bits per heavy atom. The van der Waals surface area contributed by atoms with Crippen molar-refractivity contribution < 1.29 is 24.1 Å². The number of aliphatic imine (C=N–C) groups is 1. The van der Waals surface area contributed by atoms with Crippen LogP contribution in [0.3, 0.4) is 0 Å². The van der Waals surface area contributed by atoms with Crippen molar-refractivity contribution >= 4 is 50.9 Å². The molecule has 4 aromatic rings. The Balaban J connectivity index is 1.52. The molecule has 0 aliphatic carbocycles. The molecule has 1 aliphatic heterocycles. The number of amides is 1.